The van der Waals surface area contributed by atoms with E-state index in [9.17, 15) is 4.79 Å². The van der Waals surface area contributed by atoms with Gasteiger partial charge < -0.3 is 9.73 Å². The lowest BCUT2D eigenvalue weighted by Gasteiger charge is -2.07. The number of aryl methyl sites for hydroxylation is 1. The Labute approximate surface area is 103 Å². The number of carbonyl (C=O) groups excluding carboxylic acids is 1. The summed E-state index contributed by atoms with van der Waals surface area (Å²) in [7, 11) is 0. The molecule has 1 aliphatic rings. The number of carbonyl (C=O) groups is 1. The number of fused-ring (bicyclic) bond motifs is 1. The molecule has 0 atom stereocenters. The molecule has 2 aromatic rings. The fourth-order valence-electron chi connectivity index (χ4n) is 1.89. The highest BCUT2D eigenvalue weighted by molar-refractivity contribution is 6.00. The van der Waals surface area contributed by atoms with Crippen LogP contribution in [0.3, 0.4) is 0 Å². The molecular formula is C13H11N3O2. The van der Waals surface area contributed by atoms with E-state index in [2.05, 4.69) is 16.4 Å². The first-order valence-electron chi connectivity index (χ1n) is 5.73. The third-order valence-corrected chi connectivity index (χ3v) is 3.15. The van der Waals surface area contributed by atoms with Crippen LogP contribution in [-0.4, -0.2) is 10.9 Å². The summed E-state index contributed by atoms with van der Waals surface area (Å²) in [6, 6.07) is 7.32. The first kappa shape index (κ1) is 10.8. The molecule has 1 saturated carbocycles. The lowest BCUT2D eigenvalue weighted by atomic mass is 10.1. The number of nitrogens with zero attached hydrogens (tertiary/aromatic N) is 2. The van der Waals surface area contributed by atoms with E-state index >= 15 is 0 Å². The van der Waals surface area contributed by atoms with Crippen LogP contribution in [0.15, 0.2) is 22.6 Å². The normalized spacial score (nSPS) is 16.2. The van der Waals surface area contributed by atoms with Crippen LogP contribution >= 0.6 is 0 Å². The molecule has 1 fully saturated rings. The van der Waals surface area contributed by atoms with E-state index < -0.39 is 5.41 Å². The first-order valence-corrected chi connectivity index (χ1v) is 5.73. The van der Waals surface area contributed by atoms with E-state index in [1.807, 2.05) is 0 Å². The molecule has 0 saturated heterocycles. The minimum Gasteiger partial charge on any atom is -0.441 e. The van der Waals surface area contributed by atoms with Crippen molar-refractivity contribution < 1.29 is 9.21 Å². The summed E-state index contributed by atoms with van der Waals surface area (Å²) in [5.41, 5.74) is 1.22. The molecule has 0 aliphatic heterocycles. The third kappa shape index (κ3) is 1.63. The van der Waals surface area contributed by atoms with Gasteiger partial charge in [-0.1, -0.05) is 0 Å². The van der Waals surface area contributed by atoms with Crippen LogP contribution in [0, 0.1) is 23.7 Å². The molecule has 5 nitrogen and oxygen atoms in total. The summed E-state index contributed by atoms with van der Waals surface area (Å²) in [5.74, 6) is 0.355. The second kappa shape index (κ2) is 3.57. The van der Waals surface area contributed by atoms with Crippen molar-refractivity contribution in [2.75, 3.05) is 5.32 Å². The second-order valence-corrected chi connectivity index (χ2v) is 4.56. The Morgan fingerprint density at radius 3 is 3.00 bits per heavy atom. The zero-order valence-corrected chi connectivity index (χ0v) is 9.86. The first-order chi connectivity index (χ1) is 8.63. The number of amides is 1. The second-order valence-electron chi connectivity index (χ2n) is 4.56. The topological polar surface area (TPSA) is 78.9 Å². The molecule has 1 aliphatic carbocycles. The minimum absolute atomic E-state index is 0.232. The van der Waals surface area contributed by atoms with Crippen LogP contribution < -0.4 is 5.32 Å². The van der Waals surface area contributed by atoms with Gasteiger partial charge in [0, 0.05) is 12.6 Å². The van der Waals surface area contributed by atoms with Crippen LogP contribution in [0.2, 0.25) is 0 Å². The highest BCUT2D eigenvalue weighted by Gasteiger charge is 2.50. The van der Waals surface area contributed by atoms with Crippen molar-refractivity contribution in [1.82, 2.24) is 4.98 Å². The number of nitrogens with one attached hydrogen (secondary N) is 1. The lowest BCUT2D eigenvalue weighted by Crippen LogP contribution is -2.22. The quantitative estimate of drug-likeness (QED) is 0.875. The molecule has 1 N–H and O–H groups in total. The number of aromatic nitrogens is 1. The highest BCUT2D eigenvalue weighted by Crippen LogP contribution is 2.45. The molecule has 0 radical (unpaired) electrons. The smallest absolute Gasteiger partial charge is 0.244 e. The molecule has 0 bridgehead atoms. The minimum atomic E-state index is -0.811. The monoisotopic (exact) mass is 241 g/mol. The predicted molar refractivity (Wildman–Crippen MR) is 64.7 cm³/mol. The van der Waals surface area contributed by atoms with Crippen LogP contribution in [0.5, 0.6) is 0 Å². The van der Waals surface area contributed by atoms with Crippen molar-refractivity contribution in [2.24, 2.45) is 5.41 Å². The van der Waals surface area contributed by atoms with Crippen molar-refractivity contribution in [3.63, 3.8) is 0 Å². The number of oxazole rings is 1. The predicted octanol–water partition coefficient (Wildman–Crippen LogP) is 2.38. The van der Waals surface area contributed by atoms with Crippen molar-refractivity contribution in [3.05, 3.63) is 24.1 Å². The molecule has 3 rings (SSSR count). The van der Waals surface area contributed by atoms with Gasteiger partial charge in [0.15, 0.2) is 11.5 Å². The molecule has 1 amide bonds. The molecule has 1 aromatic carbocycles. The molecule has 1 heterocycles. The van der Waals surface area contributed by atoms with E-state index in [1.54, 1.807) is 25.1 Å². The van der Waals surface area contributed by atoms with Crippen molar-refractivity contribution in [1.29, 1.82) is 5.26 Å². The maximum atomic E-state index is 11.9. The summed E-state index contributed by atoms with van der Waals surface area (Å²) in [6.07, 6.45) is 1.28. The Morgan fingerprint density at radius 1 is 1.56 bits per heavy atom. The average Bonchev–Trinajstić information content (AvgIpc) is 3.06. The molecule has 90 valence electrons. The summed E-state index contributed by atoms with van der Waals surface area (Å²) in [4.78, 5) is 16.1. The number of anilines is 1. The largest absolute Gasteiger partial charge is 0.441 e. The maximum absolute atomic E-state index is 11.9. The van der Waals surface area contributed by atoms with E-state index in [-0.39, 0.29) is 5.91 Å². The van der Waals surface area contributed by atoms with Gasteiger partial charge in [-0.05, 0) is 31.0 Å². The molecule has 1 aromatic heterocycles. The van der Waals surface area contributed by atoms with Gasteiger partial charge in [-0.15, -0.1) is 0 Å². The number of hydrogen-bond acceptors (Lipinski definition) is 4. The Balaban J connectivity index is 1.87. The van der Waals surface area contributed by atoms with Gasteiger partial charge >= 0.3 is 0 Å². The number of benzene rings is 1. The Hall–Kier alpha value is -2.35. The number of rotatable bonds is 2. The number of hydrogen-bond donors (Lipinski definition) is 1. The van der Waals surface area contributed by atoms with E-state index in [0.717, 1.165) is 0 Å². The van der Waals surface area contributed by atoms with Gasteiger partial charge in [-0.25, -0.2) is 4.98 Å². The van der Waals surface area contributed by atoms with Crippen molar-refractivity contribution >= 4 is 22.7 Å². The molecule has 5 heteroatoms. The Kier molecular flexibility index (Phi) is 2.14. The SMILES string of the molecule is Cc1nc2cc(NC(=O)C3(C#N)CC3)ccc2o1. The zero-order valence-electron chi connectivity index (χ0n) is 9.86. The molecule has 18 heavy (non-hydrogen) atoms. The molecule has 0 spiro atoms. The van der Waals surface area contributed by atoms with Gasteiger partial charge in [-0.2, -0.15) is 5.26 Å². The standard InChI is InChI=1S/C13H11N3O2/c1-8-15-10-6-9(2-3-11(10)18-8)16-12(17)13(7-14)4-5-13/h2-3,6H,4-5H2,1H3,(H,16,17). The van der Waals surface area contributed by atoms with Crippen LogP contribution in [-0.2, 0) is 4.79 Å². The van der Waals surface area contributed by atoms with Gasteiger partial charge in [0.1, 0.15) is 10.9 Å². The zero-order chi connectivity index (χ0) is 12.8. The Bertz CT molecular complexity index is 677. The van der Waals surface area contributed by atoms with Gasteiger partial charge in [0.05, 0.1) is 6.07 Å². The third-order valence-electron chi connectivity index (χ3n) is 3.15. The summed E-state index contributed by atoms with van der Waals surface area (Å²) < 4.78 is 5.35. The molecular weight excluding hydrogens is 230 g/mol. The highest BCUT2D eigenvalue weighted by atomic mass is 16.3. The fraction of sp³-hybridized carbons (Fsp3) is 0.308. The lowest BCUT2D eigenvalue weighted by molar-refractivity contribution is -0.119. The van der Waals surface area contributed by atoms with Gasteiger partial charge in [-0.3, -0.25) is 4.79 Å². The van der Waals surface area contributed by atoms with E-state index in [1.165, 1.54) is 0 Å². The number of nitriles is 1. The van der Waals surface area contributed by atoms with E-state index in [4.69, 9.17) is 9.68 Å². The average molecular weight is 241 g/mol. The summed E-state index contributed by atoms with van der Waals surface area (Å²) in [6.45, 7) is 1.77. The van der Waals surface area contributed by atoms with Crippen molar-refractivity contribution in [3.8, 4) is 6.07 Å². The summed E-state index contributed by atoms with van der Waals surface area (Å²) >= 11 is 0. The van der Waals surface area contributed by atoms with Crippen LogP contribution in [0.4, 0.5) is 5.69 Å². The van der Waals surface area contributed by atoms with Gasteiger partial charge in [0.25, 0.3) is 0 Å². The summed E-state index contributed by atoms with van der Waals surface area (Å²) in [5, 5.41) is 11.7. The van der Waals surface area contributed by atoms with Crippen LogP contribution in [0.25, 0.3) is 11.1 Å². The molecule has 0 unspecified atom stereocenters. The van der Waals surface area contributed by atoms with Crippen LogP contribution in [0.1, 0.15) is 18.7 Å². The maximum Gasteiger partial charge on any atom is 0.244 e. The Morgan fingerprint density at radius 2 is 2.33 bits per heavy atom. The van der Waals surface area contributed by atoms with E-state index in [0.29, 0.717) is 35.5 Å². The van der Waals surface area contributed by atoms with Gasteiger partial charge in [0.2, 0.25) is 5.91 Å². The van der Waals surface area contributed by atoms with Crippen molar-refractivity contribution in [2.45, 2.75) is 19.8 Å². The fourth-order valence-corrected chi connectivity index (χ4v) is 1.89.